The Labute approximate surface area is 68.4 Å². The first-order chi connectivity index (χ1) is 5.95. The van der Waals surface area contributed by atoms with Gasteiger partial charge in [0.25, 0.3) is 0 Å². The maximum atomic E-state index is 5.50. The van der Waals surface area contributed by atoms with E-state index in [9.17, 15) is 0 Å². The van der Waals surface area contributed by atoms with Crippen molar-refractivity contribution in [3.05, 3.63) is 36.8 Å². The number of benzene rings is 1. The molecular formula is C10H6O2. The van der Waals surface area contributed by atoms with Crippen LogP contribution >= 0.6 is 0 Å². The van der Waals surface area contributed by atoms with Gasteiger partial charge in [-0.05, 0) is 6.07 Å². The number of hydrogen-bond acceptors (Lipinski definition) is 2. The van der Waals surface area contributed by atoms with Crippen LogP contribution in [0.1, 0.15) is 0 Å². The van der Waals surface area contributed by atoms with Crippen molar-refractivity contribution in [3.8, 4) is 0 Å². The smallest absolute Gasteiger partial charge is 0.173 e. The molecule has 0 fully saturated rings. The molecule has 0 atom stereocenters. The molecule has 0 aliphatic rings. The Bertz CT molecular complexity index is 530. The Balaban J connectivity index is 2.68. The highest BCUT2D eigenvalue weighted by molar-refractivity contribution is 6.04. The van der Waals surface area contributed by atoms with Gasteiger partial charge in [0, 0.05) is 5.39 Å². The second-order valence-corrected chi connectivity index (χ2v) is 2.75. The lowest BCUT2D eigenvalue weighted by Crippen LogP contribution is -1.60. The largest absolute Gasteiger partial charge is 0.468 e. The van der Waals surface area contributed by atoms with Crippen molar-refractivity contribution in [1.29, 1.82) is 0 Å². The van der Waals surface area contributed by atoms with Crippen LogP contribution in [-0.4, -0.2) is 0 Å². The third-order valence-corrected chi connectivity index (χ3v) is 2.02. The molecule has 12 heavy (non-hydrogen) atoms. The van der Waals surface area contributed by atoms with Crippen LogP contribution in [0, 0.1) is 0 Å². The third kappa shape index (κ3) is 0.593. The van der Waals surface area contributed by atoms with Gasteiger partial charge in [-0.2, -0.15) is 0 Å². The summed E-state index contributed by atoms with van der Waals surface area (Å²) in [4.78, 5) is 0. The molecule has 2 heteroatoms. The number of fused-ring (bicyclic) bond motifs is 3. The van der Waals surface area contributed by atoms with Crippen molar-refractivity contribution in [2.45, 2.75) is 0 Å². The fourth-order valence-corrected chi connectivity index (χ4v) is 1.46. The van der Waals surface area contributed by atoms with Crippen LogP contribution in [0.2, 0.25) is 0 Å². The van der Waals surface area contributed by atoms with E-state index in [4.69, 9.17) is 8.83 Å². The van der Waals surface area contributed by atoms with Crippen molar-refractivity contribution >= 4 is 21.9 Å². The average Bonchev–Trinajstić information content (AvgIpc) is 2.62. The van der Waals surface area contributed by atoms with E-state index in [1.54, 1.807) is 12.5 Å². The topological polar surface area (TPSA) is 26.3 Å². The van der Waals surface area contributed by atoms with Gasteiger partial charge in [-0.1, -0.05) is 18.2 Å². The summed E-state index contributed by atoms with van der Waals surface area (Å²) < 4.78 is 10.5. The minimum absolute atomic E-state index is 0.816. The summed E-state index contributed by atoms with van der Waals surface area (Å²) in [6.45, 7) is 0. The molecule has 0 aliphatic heterocycles. The van der Waals surface area contributed by atoms with Crippen LogP contribution in [0.3, 0.4) is 0 Å². The zero-order valence-electron chi connectivity index (χ0n) is 6.28. The fraction of sp³-hybridized carbons (Fsp3) is 0. The first-order valence-corrected chi connectivity index (χ1v) is 3.78. The molecule has 0 aliphatic carbocycles. The zero-order valence-corrected chi connectivity index (χ0v) is 6.28. The van der Waals surface area contributed by atoms with Crippen molar-refractivity contribution in [2.24, 2.45) is 0 Å². The summed E-state index contributed by atoms with van der Waals surface area (Å²) in [7, 11) is 0. The van der Waals surface area contributed by atoms with Crippen molar-refractivity contribution < 1.29 is 8.83 Å². The molecule has 0 spiro atoms. The highest BCUT2D eigenvalue weighted by Crippen LogP contribution is 2.28. The molecule has 1 aromatic carbocycles. The van der Waals surface area contributed by atoms with Gasteiger partial charge < -0.3 is 8.83 Å². The molecule has 2 nitrogen and oxygen atoms in total. The highest BCUT2D eigenvalue weighted by Gasteiger charge is 2.06. The quantitative estimate of drug-likeness (QED) is 0.502. The summed E-state index contributed by atoms with van der Waals surface area (Å²) in [6.07, 6.45) is 3.33. The van der Waals surface area contributed by atoms with Crippen molar-refractivity contribution in [3.63, 3.8) is 0 Å². The summed E-state index contributed by atoms with van der Waals surface area (Å²) in [5.74, 6) is 0. The van der Waals surface area contributed by atoms with Crippen LogP contribution in [-0.2, 0) is 0 Å². The fourth-order valence-electron chi connectivity index (χ4n) is 1.46. The molecule has 0 N–H and O–H groups in total. The van der Waals surface area contributed by atoms with Crippen LogP contribution in [0.25, 0.3) is 21.9 Å². The van der Waals surface area contributed by atoms with Crippen molar-refractivity contribution in [2.75, 3.05) is 0 Å². The van der Waals surface area contributed by atoms with Crippen LogP contribution in [0.5, 0.6) is 0 Å². The van der Waals surface area contributed by atoms with E-state index in [1.807, 2.05) is 24.3 Å². The first-order valence-electron chi connectivity index (χ1n) is 3.78. The lowest BCUT2D eigenvalue weighted by Gasteiger charge is -1.83. The van der Waals surface area contributed by atoms with Gasteiger partial charge in [0.1, 0.15) is 18.1 Å². The van der Waals surface area contributed by atoms with E-state index < -0.39 is 0 Å². The van der Waals surface area contributed by atoms with Crippen molar-refractivity contribution in [1.82, 2.24) is 0 Å². The van der Waals surface area contributed by atoms with E-state index in [-0.39, 0.29) is 0 Å². The second-order valence-electron chi connectivity index (χ2n) is 2.75. The van der Waals surface area contributed by atoms with Gasteiger partial charge >= 0.3 is 0 Å². The maximum Gasteiger partial charge on any atom is 0.173 e. The molecule has 0 amide bonds. The minimum atomic E-state index is 0.816. The monoisotopic (exact) mass is 158 g/mol. The average molecular weight is 158 g/mol. The molecule has 3 aromatic rings. The molecule has 2 heterocycles. The molecule has 0 radical (unpaired) electrons. The van der Waals surface area contributed by atoms with Gasteiger partial charge in [0.15, 0.2) is 5.58 Å². The van der Waals surface area contributed by atoms with Crippen LogP contribution in [0.15, 0.2) is 45.6 Å². The van der Waals surface area contributed by atoms with Gasteiger partial charge in [0.05, 0.1) is 5.39 Å². The highest BCUT2D eigenvalue weighted by atomic mass is 16.4. The Morgan fingerprint density at radius 2 is 1.75 bits per heavy atom. The summed E-state index contributed by atoms with van der Waals surface area (Å²) in [5, 5.41) is 2.16. The summed E-state index contributed by atoms with van der Waals surface area (Å²) >= 11 is 0. The number of hydrogen-bond donors (Lipinski definition) is 0. The zero-order chi connectivity index (χ0) is 7.97. The Hall–Kier alpha value is -1.70. The maximum absolute atomic E-state index is 5.50. The molecular weight excluding hydrogens is 152 g/mol. The molecule has 58 valence electrons. The standard InChI is InChI=1S/C10H6O2/c1-2-4-9-7(3-1)8-5-11-6-10(8)12-9/h1-6H. The number of rotatable bonds is 0. The molecule has 0 saturated carbocycles. The predicted molar refractivity (Wildman–Crippen MR) is 46.0 cm³/mol. The van der Waals surface area contributed by atoms with Gasteiger partial charge in [-0.3, -0.25) is 0 Å². The number of furan rings is 2. The van der Waals surface area contributed by atoms with E-state index in [1.165, 1.54) is 0 Å². The summed E-state index contributed by atoms with van der Waals surface area (Å²) in [5.41, 5.74) is 1.73. The van der Waals surface area contributed by atoms with E-state index in [0.717, 1.165) is 21.9 Å². The number of para-hydroxylation sites is 1. The third-order valence-electron chi connectivity index (χ3n) is 2.02. The SMILES string of the molecule is c1ccc2c(c1)oc1cocc12. The molecule has 0 bridgehead atoms. The minimum Gasteiger partial charge on any atom is -0.468 e. The van der Waals surface area contributed by atoms with Gasteiger partial charge in [0.2, 0.25) is 0 Å². The van der Waals surface area contributed by atoms with Crippen LogP contribution < -0.4 is 0 Å². The van der Waals surface area contributed by atoms with E-state index >= 15 is 0 Å². The Morgan fingerprint density at radius 1 is 0.833 bits per heavy atom. The molecule has 0 unspecified atom stereocenters. The van der Waals surface area contributed by atoms with Gasteiger partial charge in [-0.25, -0.2) is 0 Å². The Kier molecular flexibility index (Phi) is 0.939. The summed E-state index contributed by atoms with van der Waals surface area (Å²) in [6, 6.07) is 7.93. The normalized spacial score (nSPS) is 11.3. The first kappa shape index (κ1) is 5.89. The van der Waals surface area contributed by atoms with Crippen LogP contribution in [0.4, 0.5) is 0 Å². The van der Waals surface area contributed by atoms with E-state index in [2.05, 4.69) is 0 Å². The molecule has 2 aromatic heterocycles. The van der Waals surface area contributed by atoms with Gasteiger partial charge in [-0.15, -0.1) is 0 Å². The Morgan fingerprint density at radius 3 is 2.75 bits per heavy atom. The van der Waals surface area contributed by atoms with E-state index in [0.29, 0.717) is 0 Å². The lowest BCUT2D eigenvalue weighted by atomic mass is 10.2. The molecule has 0 saturated heterocycles. The molecule has 3 rings (SSSR count). The lowest BCUT2D eigenvalue weighted by molar-refractivity contribution is 0.559. The predicted octanol–water partition coefficient (Wildman–Crippen LogP) is 3.18. The second kappa shape index (κ2) is 1.91.